The van der Waals surface area contributed by atoms with E-state index < -0.39 is 5.97 Å². The molecule has 1 aromatic rings. The number of carboxylic acid groups (broad SMARTS) is 1. The molecule has 0 aliphatic rings. The van der Waals surface area contributed by atoms with Gasteiger partial charge in [0.1, 0.15) is 12.4 Å². The third-order valence-electron chi connectivity index (χ3n) is 1.84. The molecule has 0 unspecified atom stereocenters. The van der Waals surface area contributed by atoms with Gasteiger partial charge in [-0.15, -0.1) is 0 Å². The maximum absolute atomic E-state index is 11.5. The molecule has 1 heterocycles. The molecule has 1 amide bonds. The topological polar surface area (TPSA) is 115 Å². The summed E-state index contributed by atoms with van der Waals surface area (Å²) in [6.07, 6.45) is 0. The molecule has 0 saturated heterocycles. The number of carboxylic acids is 1. The molecule has 0 spiro atoms. The predicted molar refractivity (Wildman–Crippen MR) is 57.4 cm³/mol. The number of amides is 1. The van der Waals surface area contributed by atoms with Crippen LogP contribution in [0.4, 0.5) is 0 Å². The summed E-state index contributed by atoms with van der Waals surface area (Å²) in [6, 6.07) is 3.14. The molecule has 0 aliphatic heterocycles. The number of hydrogen-bond acceptors (Lipinski definition) is 5. The van der Waals surface area contributed by atoms with Gasteiger partial charge in [0.25, 0.3) is 5.91 Å². The predicted octanol–water partition coefficient (Wildman–Crippen LogP) is -0.431. The lowest BCUT2D eigenvalue weighted by Crippen LogP contribution is -2.27. The van der Waals surface area contributed by atoms with Gasteiger partial charge in [-0.05, 0) is 12.1 Å². The molecule has 1 rings (SSSR count). The van der Waals surface area contributed by atoms with Crippen LogP contribution in [0.2, 0.25) is 0 Å². The van der Waals surface area contributed by atoms with E-state index in [1.807, 2.05) is 0 Å². The molecular formula is C10H14N2O5. The van der Waals surface area contributed by atoms with Gasteiger partial charge in [-0.3, -0.25) is 4.79 Å². The maximum Gasteiger partial charge on any atom is 0.329 e. The van der Waals surface area contributed by atoms with Gasteiger partial charge < -0.3 is 25.3 Å². The Labute approximate surface area is 97.5 Å². The molecule has 0 saturated carbocycles. The first-order chi connectivity index (χ1) is 8.13. The van der Waals surface area contributed by atoms with Gasteiger partial charge in [0.05, 0.1) is 13.2 Å². The second kappa shape index (κ2) is 6.66. The zero-order chi connectivity index (χ0) is 12.7. The number of aliphatic carboxylic acids is 1. The van der Waals surface area contributed by atoms with Crippen LogP contribution in [-0.2, 0) is 16.1 Å². The van der Waals surface area contributed by atoms with Gasteiger partial charge in [-0.25, -0.2) is 4.79 Å². The second-order valence-corrected chi connectivity index (χ2v) is 3.17. The van der Waals surface area contributed by atoms with Crippen LogP contribution in [0.25, 0.3) is 0 Å². The van der Waals surface area contributed by atoms with Crippen molar-refractivity contribution in [2.75, 3.05) is 19.8 Å². The Morgan fingerprint density at radius 2 is 2.24 bits per heavy atom. The molecule has 0 atom stereocenters. The van der Waals surface area contributed by atoms with Crippen molar-refractivity contribution in [2.45, 2.75) is 6.54 Å². The third-order valence-corrected chi connectivity index (χ3v) is 1.84. The SMILES string of the molecule is NCc1ccc(C(=O)NCCOCC(=O)O)o1. The molecule has 0 fully saturated rings. The van der Waals surface area contributed by atoms with Crippen molar-refractivity contribution in [2.24, 2.45) is 5.73 Å². The summed E-state index contributed by atoms with van der Waals surface area (Å²) in [5.41, 5.74) is 5.33. The van der Waals surface area contributed by atoms with E-state index >= 15 is 0 Å². The Hall–Kier alpha value is -1.86. The average Bonchev–Trinajstić information content (AvgIpc) is 2.76. The van der Waals surface area contributed by atoms with E-state index in [0.717, 1.165) is 0 Å². The number of ether oxygens (including phenoxy) is 1. The third kappa shape index (κ3) is 4.66. The first kappa shape index (κ1) is 13.2. The van der Waals surface area contributed by atoms with Crippen LogP contribution >= 0.6 is 0 Å². The number of carbonyl (C=O) groups is 2. The van der Waals surface area contributed by atoms with Crippen molar-refractivity contribution >= 4 is 11.9 Å². The van der Waals surface area contributed by atoms with E-state index in [1.165, 1.54) is 6.07 Å². The summed E-state index contributed by atoms with van der Waals surface area (Å²) in [5, 5.41) is 10.8. The Kier molecular flexibility index (Phi) is 5.18. The van der Waals surface area contributed by atoms with Gasteiger partial charge >= 0.3 is 5.97 Å². The number of rotatable bonds is 7. The highest BCUT2D eigenvalue weighted by Gasteiger charge is 2.09. The van der Waals surface area contributed by atoms with Crippen LogP contribution in [0.5, 0.6) is 0 Å². The van der Waals surface area contributed by atoms with Crippen molar-refractivity contribution < 1.29 is 23.8 Å². The molecule has 7 nitrogen and oxygen atoms in total. The molecule has 0 aromatic carbocycles. The fourth-order valence-corrected chi connectivity index (χ4v) is 1.09. The molecule has 94 valence electrons. The van der Waals surface area contributed by atoms with Gasteiger partial charge in [0.2, 0.25) is 0 Å². The Balaban J connectivity index is 2.23. The van der Waals surface area contributed by atoms with Crippen molar-refractivity contribution in [1.82, 2.24) is 5.32 Å². The van der Waals surface area contributed by atoms with Crippen molar-refractivity contribution in [3.05, 3.63) is 23.7 Å². The summed E-state index contributed by atoms with van der Waals surface area (Å²) in [5.74, 6) is -0.737. The quantitative estimate of drug-likeness (QED) is 0.559. The Morgan fingerprint density at radius 3 is 2.82 bits per heavy atom. The fraction of sp³-hybridized carbons (Fsp3) is 0.400. The highest BCUT2D eigenvalue weighted by Crippen LogP contribution is 2.06. The lowest BCUT2D eigenvalue weighted by Gasteiger charge is -2.03. The summed E-state index contributed by atoms with van der Waals surface area (Å²) in [6.45, 7) is 0.191. The standard InChI is InChI=1S/C10H14N2O5/c11-5-7-1-2-8(17-7)10(15)12-3-4-16-6-9(13)14/h1-2H,3-6,11H2,(H,12,15)(H,13,14). The van der Waals surface area contributed by atoms with E-state index in [0.29, 0.717) is 5.76 Å². The van der Waals surface area contributed by atoms with E-state index in [2.05, 4.69) is 5.32 Å². The van der Waals surface area contributed by atoms with Gasteiger partial charge in [0.15, 0.2) is 5.76 Å². The normalized spacial score (nSPS) is 10.2. The minimum atomic E-state index is -1.05. The van der Waals surface area contributed by atoms with Gasteiger partial charge in [-0.2, -0.15) is 0 Å². The number of furan rings is 1. The molecule has 0 radical (unpaired) electrons. The van der Waals surface area contributed by atoms with E-state index in [1.54, 1.807) is 6.07 Å². The molecule has 17 heavy (non-hydrogen) atoms. The molecule has 4 N–H and O–H groups in total. The lowest BCUT2D eigenvalue weighted by atomic mass is 10.4. The molecular weight excluding hydrogens is 228 g/mol. The van der Waals surface area contributed by atoms with Crippen LogP contribution in [0.3, 0.4) is 0 Å². The monoisotopic (exact) mass is 242 g/mol. The number of carbonyl (C=O) groups excluding carboxylic acids is 1. The van der Waals surface area contributed by atoms with Crippen LogP contribution in [0, 0.1) is 0 Å². The van der Waals surface area contributed by atoms with E-state index in [9.17, 15) is 9.59 Å². The summed E-state index contributed by atoms with van der Waals surface area (Å²) >= 11 is 0. The minimum Gasteiger partial charge on any atom is -0.480 e. The van der Waals surface area contributed by atoms with E-state index in [-0.39, 0.29) is 38.0 Å². The first-order valence-corrected chi connectivity index (χ1v) is 5.00. The smallest absolute Gasteiger partial charge is 0.329 e. The average molecular weight is 242 g/mol. The molecule has 0 aliphatic carbocycles. The molecule has 0 bridgehead atoms. The Bertz CT molecular complexity index is 388. The fourth-order valence-electron chi connectivity index (χ4n) is 1.09. The van der Waals surface area contributed by atoms with Crippen LogP contribution in [0.15, 0.2) is 16.5 Å². The summed E-state index contributed by atoms with van der Waals surface area (Å²) in [7, 11) is 0. The van der Waals surface area contributed by atoms with Gasteiger partial charge in [-0.1, -0.05) is 0 Å². The summed E-state index contributed by atoms with van der Waals surface area (Å²) < 4.78 is 9.86. The van der Waals surface area contributed by atoms with Crippen LogP contribution in [-0.4, -0.2) is 36.7 Å². The van der Waals surface area contributed by atoms with E-state index in [4.69, 9.17) is 20.0 Å². The zero-order valence-corrected chi connectivity index (χ0v) is 9.14. The number of nitrogens with one attached hydrogen (secondary N) is 1. The zero-order valence-electron chi connectivity index (χ0n) is 9.14. The lowest BCUT2D eigenvalue weighted by molar-refractivity contribution is -0.142. The molecule has 7 heteroatoms. The highest BCUT2D eigenvalue weighted by molar-refractivity contribution is 5.91. The minimum absolute atomic E-state index is 0.127. The summed E-state index contributed by atoms with van der Waals surface area (Å²) in [4.78, 5) is 21.6. The number of hydrogen-bond donors (Lipinski definition) is 3. The number of nitrogens with two attached hydrogens (primary N) is 1. The largest absolute Gasteiger partial charge is 0.480 e. The van der Waals surface area contributed by atoms with Crippen LogP contribution < -0.4 is 11.1 Å². The maximum atomic E-state index is 11.5. The van der Waals surface area contributed by atoms with Crippen molar-refractivity contribution in [3.63, 3.8) is 0 Å². The van der Waals surface area contributed by atoms with Crippen molar-refractivity contribution in [3.8, 4) is 0 Å². The molecule has 1 aromatic heterocycles. The first-order valence-electron chi connectivity index (χ1n) is 5.00. The van der Waals surface area contributed by atoms with Gasteiger partial charge in [0, 0.05) is 6.54 Å². The highest BCUT2D eigenvalue weighted by atomic mass is 16.5. The van der Waals surface area contributed by atoms with Crippen molar-refractivity contribution in [1.29, 1.82) is 0 Å². The second-order valence-electron chi connectivity index (χ2n) is 3.17. The van der Waals surface area contributed by atoms with Crippen LogP contribution in [0.1, 0.15) is 16.3 Å². The Morgan fingerprint density at radius 1 is 1.47 bits per heavy atom.